The van der Waals surface area contributed by atoms with Crippen molar-refractivity contribution in [2.24, 2.45) is 0 Å². The summed E-state index contributed by atoms with van der Waals surface area (Å²) in [4.78, 5) is 14.6. The predicted octanol–water partition coefficient (Wildman–Crippen LogP) is 2.02. The molecule has 0 bridgehead atoms. The van der Waals surface area contributed by atoms with Gasteiger partial charge in [-0.15, -0.1) is 0 Å². The first kappa shape index (κ1) is 17.6. The Morgan fingerprint density at radius 2 is 1.96 bits per heavy atom. The van der Waals surface area contributed by atoms with Crippen LogP contribution in [0.1, 0.15) is 28.6 Å². The molecule has 6 heteroatoms. The van der Waals surface area contributed by atoms with Crippen LogP contribution < -0.4 is 5.32 Å². The molecule has 6 nitrogen and oxygen atoms in total. The first-order chi connectivity index (χ1) is 12.1. The number of aromatic nitrogens is 1. The van der Waals surface area contributed by atoms with E-state index in [9.17, 15) is 4.79 Å². The Balaban J connectivity index is 1.64. The smallest absolute Gasteiger partial charge is 0.226 e. The molecule has 3 rings (SSSR count). The average molecular weight is 343 g/mol. The van der Waals surface area contributed by atoms with Crippen LogP contribution in [0.15, 0.2) is 34.9 Å². The van der Waals surface area contributed by atoms with Crippen LogP contribution in [0.3, 0.4) is 0 Å². The molecule has 1 atom stereocenters. The van der Waals surface area contributed by atoms with Crippen molar-refractivity contribution < 1.29 is 14.1 Å². The van der Waals surface area contributed by atoms with Gasteiger partial charge in [0.1, 0.15) is 5.76 Å². The number of ether oxygens (including phenoxy) is 1. The minimum Gasteiger partial charge on any atom is -0.379 e. The molecule has 0 aliphatic carbocycles. The van der Waals surface area contributed by atoms with Gasteiger partial charge in [0.15, 0.2) is 0 Å². The van der Waals surface area contributed by atoms with Gasteiger partial charge < -0.3 is 14.6 Å². The number of benzene rings is 1. The van der Waals surface area contributed by atoms with E-state index in [1.807, 2.05) is 6.92 Å². The van der Waals surface area contributed by atoms with Crippen LogP contribution in [0.25, 0.3) is 0 Å². The molecule has 1 aromatic heterocycles. The lowest BCUT2D eigenvalue weighted by Crippen LogP contribution is -2.44. The highest BCUT2D eigenvalue weighted by Gasteiger charge is 2.23. The zero-order valence-electron chi connectivity index (χ0n) is 14.8. The summed E-state index contributed by atoms with van der Waals surface area (Å²) in [6.45, 7) is 7.67. The highest BCUT2D eigenvalue weighted by atomic mass is 16.5. The summed E-state index contributed by atoms with van der Waals surface area (Å²) in [5.74, 6) is 0.673. The van der Waals surface area contributed by atoms with E-state index in [1.165, 1.54) is 11.1 Å². The highest BCUT2D eigenvalue weighted by Crippen LogP contribution is 2.21. The fourth-order valence-corrected chi connectivity index (χ4v) is 3.07. The standard InChI is InChI=1S/C19H25N3O3/c1-14-3-5-16(6-4-14)18(22-7-9-24-10-8-22)13-20-19(23)12-17-11-15(2)25-21-17/h3-6,11,18H,7-10,12-13H2,1-2H3,(H,20,23). The van der Waals surface area contributed by atoms with Crippen molar-refractivity contribution in [3.05, 3.63) is 52.9 Å². The lowest BCUT2D eigenvalue weighted by Gasteiger charge is -2.35. The second kappa shape index (κ2) is 8.27. The van der Waals surface area contributed by atoms with Gasteiger partial charge in [-0.25, -0.2) is 0 Å². The fourth-order valence-electron chi connectivity index (χ4n) is 3.07. The van der Waals surface area contributed by atoms with Crippen molar-refractivity contribution in [1.29, 1.82) is 0 Å². The molecule has 1 unspecified atom stereocenters. The molecule has 0 spiro atoms. The molecule has 25 heavy (non-hydrogen) atoms. The molecule has 0 saturated carbocycles. The monoisotopic (exact) mass is 343 g/mol. The second-order valence-electron chi connectivity index (χ2n) is 6.48. The van der Waals surface area contributed by atoms with E-state index in [4.69, 9.17) is 9.26 Å². The summed E-state index contributed by atoms with van der Waals surface area (Å²) in [5, 5.41) is 6.93. The summed E-state index contributed by atoms with van der Waals surface area (Å²) in [6, 6.07) is 10.4. The maximum Gasteiger partial charge on any atom is 0.226 e. The number of carbonyl (C=O) groups is 1. The van der Waals surface area contributed by atoms with Crippen molar-refractivity contribution in [2.75, 3.05) is 32.8 Å². The number of nitrogens with zero attached hydrogens (tertiary/aromatic N) is 2. The Hall–Kier alpha value is -2.18. The number of amides is 1. The number of hydrogen-bond acceptors (Lipinski definition) is 5. The Kier molecular flexibility index (Phi) is 5.83. The molecular weight excluding hydrogens is 318 g/mol. The molecule has 1 amide bonds. The molecular formula is C19H25N3O3. The van der Waals surface area contributed by atoms with Crippen LogP contribution in [0.4, 0.5) is 0 Å². The second-order valence-corrected chi connectivity index (χ2v) is 6.48. The third kappa shape index (κ3) is 4.90. The Morgan fingerprint density at radius 3 is 2.60 bits per heavy atom. The van der Waals surface area contributed by atoms with Gasteiger partial charge in [-0.3, -0.25) is 9.69 Å². The Bertz CT molecular complexity index is 690. The van der Waals surface area contributed by atoms with Gasteiger partial charge in [0.05, 0.1) is 31.4 Å². The van der Waals surface area contributed by atoms with E-state index in [2.05, 4.69) is 46.6 Å². The van der Waals surface area contributed by atoms with E-state index in [0.717, 1.165) is 26.3 Å². The van der Waals surface area contributed by atoms with Crippen LogP contribution in [-0.2, 0) is 16.0 Å². The number of aryl methyl sites for hydroxylation is 2. The van der Waals surface area contributed by atoms with Gasteiger partial charge in [-0.2, -0.15) is 0 Å². The summed E-state index contributed by atoms with van der Waals surface area (Å²) < 4.78 is 10.5. The molecule has 2 heterocycles. The first-order valence-corrected chi connectivity index (χ1v) is 8.69. The van der Waals surface area contributed by atoms with Gasteiger partial charge in [0.2, 0.25) is 5.91 Å². The van der Waals surface area contributed by atoms with Crippen molar-refractivity contribution in [2.45, 2.75) is 26.3 Å². The van der Waals surface area contributed by atoms with Gasteiger partial charge in [-0.05, 0) is 19.4 Å². The zero-order valence-corrected chi connectivity index (χ0v) is 14.8. The number of morpholine rings is 1. The molecule has 1 aromatic carbocycles. The van der Waals surface area contributed by atoms with Gasteiger partial charge in [0, 0.05) is 25.7 Å². The van der Waals surface area contributed by atoms with Gasteiger partial charge in [0.25, 0.3) is 0 Å². The summed E-state index contributed by atoms with van der Waals surface area (Å²) >= 11 is 0. The maximum atomic E-state index is 12.3. The highest BCUT2D eigenvalue weighted by molar-refractivity contribution is 5.78. The molecule has 1 saturated heterocycles. The van der Waals surface area contributed by atoms with Crippen molar-refractivity contribution >= 4 is 5.91 Å². The van der Waals surface area contributed by atoms with E-state index in [0.29, 0.717) is 18.0 Å². The molecule has 134 valence electrons. The van der Waals surface area contributed by atoms with Crippen LogP contribution in [0.2, 0.25) is 0 Å². The van der Waals surface area contributed by atoms with Crippen LogP contribution >= 0.6 is 0 Å². The number of carbonyl (C=O) groups excluding carboxylic acids is 1. The summed E-state index contributed by atoms with van der Waals surface area (Å²) in [6.07, 6.45) is 0.237. The maximum absolute atomic E-state index is 12.3. The first-order valence-electron chi connectivity index (χ1n) is 8.69. The topological polar surface area (TPSA) is 67.6 Å². The minimum absolute atomic E-state index is 0.0429. The van der Waals surface area contributed by atoms with E-state index < -0.39 is 0 Å². The van der Waals surface area contributed by atoms with Crippen molar-refractivity contribution in [3.8, 4) is 0 Å². The number of rotatable bonds is 6. The Labute approximate surface area is 148 Å². The SMILES string of the molecule is Cc1ccc(C(CNC(=O)Cc2cc(C)on2)N2CCOCC2)cc1. The molecule has 1 aliphatic rings. The average Bonchev–Trinajstić information content (AvgIpc) is 3.02. The van der Waals surface area contributed by atoms with Crippen LogP contribution in [-0.4, -0.2) is 48.8 Å². The fraction of sp³-hybridized carbons (Fsp3) is 0.474. The van der Waals surface area contributed by atoms with Crippen LogP contribution in [0.5, 0.6) is 0 Å². The third-order valence-electron chi connectivity index (χ3n) is 4.46. The minimum atomic E-state index is -0.0429. The van der Waals surface area contributed by atoms with E-state index in [1.54, 1.807) is 6.07 Å². The van der Waals surface area contributed by atoms with E-state index >= 15 is 0 Å². The summed E-state index contributed by atoms with van der Waals surface area (Å²) in [5.41, 5.74) is 3.10. The lowest BCUT2D eigenvalue weighted by atomic mass is 10.0. The number of hydrogen-bond donors (Lipinski definition) is 1. The lowest BCUT2D eigenvalue weighted by molar-refractivity contribution is -0.120. The van der Waals surface area contributed by atoms with Crippen molar-refractivity contribution in [1.82, 2.24) is 15.4 Å². The normalized spacial score (nSPS) is 16.6. The zero-order chi connectivity index (χ0) is 17.6. The molecule has 1 aliphatic heterocycles. The summed E-state index contributed by atoms with van der Waals surface area (Å²) in [7, 11) is 0. The van der Waals surface area contributed by atoms with Crippen LogP contribution in [0, 0.1) is 13.8 Å². The largest absolute Gasteiger partial charge is 0.379 e. The predicted molar refractivity (Wildman–Crippen MR) is 94.3 cm³/mol. The van der Waals surface area contributed by atoms with E-state index in [-0.39, 0.29) is 18.4 Å². The molecule has 2 aromatic rings. The Morgan fingerprint density at radius 1 is 1.24 bits per heavy atom. The van der Waals surface area contributed by atoms with Crippen molar-refractivity contribution in [3.63, 3.8) is 0 Å². The quantitative estimate of drug-likeness (QED) is 0.869. The number of nitrogens with one attached hydrogen (secondary N) is 1. The molecule has 0 radical (unpaired) electrons. The molecule has 1 fully saturated rings. The molecule has 1 N–H and O–H groups in total. The van der Waals surface area contributed by atoms with Gasteiger partial charge in [-0.1, -0.05) is 35.0 Å². The van der Waals surface area contributed by atoms with Gasteiger partial charge >= 0.3 is 0 Å². The third-order valence-corrected chi connectivity index (χ3v) is 4.46.